The molecule has 0 aliphatic heterocycles. The van der Waals surface area contributed by atoms with E-state index in [1.165, 1.54) is 6.20 Å². The van der Waals surface area contributed by atoms with Crippen LogP contribution in [0.1, 0.15) is 5.69 Å². The highest BCUT2D eigenvalue weighted by Gasteiger charge is 2.05. The molecule has 0 aliphatic rings. The summed E-state index contributed by atoms with van der Waals surface area (Å²) in [5, 5.41) is 15.6. The Labute approximate surface area is 72.0 Å². The van der Waals surface area contributed by atoms with Gasteiger partial charge in [0.15, 0.2) is 5.65 Å². The summed E-state index contributed by atoms with van der Waals surface area (Å²) < 4.78 is 0. The Bertz CT molecular complexity index is 468. The molecule has 1 N–H and O–H groups in total. The lowest BCUT2D eigenvalue weighted by atomic mass is 10.3. The van der Waals surface area contributed by atoms with Gasteiger partial charge >= 0.3 is 0 Å². The zero-order chi connectivity index (χ0) is 8.55. The Morgan fingerprint density at radius 3 is 3.17 bits per heavy atom. The van der Waals surface area contributed by atoms with E-state index in [0.717, 1.165) is 0 Å². The van der Waals surface area contributed by atoms with Crippen molar-refractivity contribution in [2.45, 2.75) is 0 Å². The number of aromatic nitrogens is 4. The molecular formula is C6H2ClN5. The molecule has 6 heteroatoms. The van der Waals surface area contributed by atoms with Crippen molar-refractivity contribution in [1.29, 1.82) is 5.26 Å². The number of aromatic amines is 1. The minimum atomic E-state index is 0.124. The minimum Gasteiger partial charge on any atom is -0.265 e. The van der Waals surface area contributed by atoms with Gasteiger partial charge in [-0.05, 0) is 11.6 Å². The summed E-state index contributed by atoms with van der Waals surface area (Å²) in [6, 6.07) is 1.93. The van der Waals surface area contributed by atoms with E-state index in [4.69, 9.17) is 16.9 Å². The molecule has 2 heterocycles. The fourth-order valence-electron chi connectivity index (χ4n) is 0.868. The Morgan fingerprint density at radius 2 is 2.42 bits per heavy atom. The third-order valence-electron chi connectivity index (χ3n) is 1.39. The smallest absolute Gasteiger partial charge is 0.224 e. The second kappa shape index (κ2) is 2.43. The molecule has 2 aromatic rings. The number of rotatable bonds is 0. The van der Waals surface area contributed by atoms with E-state index in [1.807, 2.05) is 6.07 Å². The summed E-state index contributed by atoms with van der Waals surface area (Å²) in [5.41, 5.74) is 0.758. The van der Waals surface area contributed by atoms with Crippen LogP contribution in [0.25, 0.3) is 11.0 Å². The van der Waals surface area contributed by atoms with Crippen LogP contribution >= 0.6 is 11.6 Å². The maximum Gasteiger partial charge on any atom is 0.224 e. The number of hydrogen-bond acceptors (Lipinski definition) is 4. The molecule has 0 saturated heterocycles. The molecule has 0 spiro atoms. The van der Waals surface area contributed by atoms with Crippen molar-refractivity contribution in [3.05, 3.63) is 17.2 Å². The van der Waals surface area contributed by atoms with Gasteiger partial charge in [-0.25, -0.2) is 4.98 Å². The molecule has 2 aromatic heterocycles. The maximum absolute atomic E-state index is 8.58. The molecule has 0 atom stereocenters. The van der Waals surface area contributed by atoms with E-state index >= 15 is 0 Å². The normalized spacial score (nSPS) is 10.0. The SMILES string of the molecule is N#Cc1[nH]nc2nc(Cl)ncc12. The van der Waals surface area contributed by atoms with E-state index in [0.29, 0.717) is 16.7 Å². The van der Waals surface area contributed by atoms with Crippen LogP contribution in [0.2, 0.25) is 5.28 Å². The van der Waals surface area contributed by atoms with E-state index < -0.39 is 0 Å². The highest BCUT2D eigenvalue weighted by Crippen LogP contribution is 2.12. The van der Waals surface area contributed by atoms with Gasteiger partial charge in [0.1, 0.15) is 11.8 Å². The first-order chi connectivity index (χ1) is 5.81. The van der Waals surface area contributed by atoms with Crippen LogP contribution in [0, 0.1) is 11.3 Å². The van der Waals surface area contributed by atoms with Crippen molar-refractivity contribution < 1.29 is 0 Å². The summed E-state index contributed by atoms with van der Waals surface area (Å²) in [4.78, 5) is 7.54. The first-order valence-electron chi connectivity index (χ1n) is 3.08. The molecule has 0 aliphatic carbocycles. The largest absolute Gasteiger partial charge is 0.265 e. The summed E-state index contributed by atoms with van der Waals surface area (Å²) in [5.74, 6) is 0. The number of fused-ring (bicyclic) bond motifs is 1. The van der Waals surface area contributed by atoms with Gasteiger partial charge in [0.2, 0.25) is 5.28 Å². The molecule has 0 fully saturated rings. The Kier molecular flexibility index (Phi) is 1.42. The lowest BCUT2D eigenvalue weighted by Crippen LogP contribution is -1.81. The number of halogens is 1. The summed E-state index contributed by atoms with van der Waals surface area (Å²) >= 11 is 5.51. The van der Waals surface area contributed by atoms with Gasteiger partial charge in [0, 0.05) is 6.20 Å². The van der Waals surface area contributed by atoms with Gasteiger partial charge in [-0.2, -0.15) is 15.3 Å². The molecule has 5 nitrogen and oxygen atoms in total. The summed E-state index contributed by atoms with van der Waals surface area (Å²) in [6.07, 6.45) is 1.46. The topological polar surface area (TPSA) is 78.2 Å². The van der Waals surface area contributed by atoms with Crippen LogP contribution < -0.4 is 0 Å². The summed E-state index contributed by atoms with van der Waals surface area (Å²) in [6.45, 7) is 0. The molecule has 0 unspecified atom stereocenters. The van der Waals surface area contributed by atoms with E-state index in [9.17, 15) is 0 Å². The molecule has 0 bridgehead atoms. The Morgan fingerprint density at radius 1 is 1.58 bits per heavy atom. The van der Waals surface area contributed by atoms with Crippen molar-refractivity contribution in [2.75, 3.05) is 0 Å². The van der Waals surface area contributed by atoms with Crippen molar-refractivity contribution >= 4 is 22.6 Å². The third-order valence-corrected chi connectivity index (χ3v) is 1.58. The van der Waals surface area contributed by atoms with Gasteiger partial charge in [-0.15, -0.1) is 0 Å². The van der Waals surface area contributed by atoms with Crippen LogP contribution in [0.4, 0.5) is 0 Å². The second-order valence-electron chi connectivity index (χ2n) is 2.09. The van der Waals surface area contributed by atoms with Gasteiger partial charge < -0.3 is 0 Å². The van der Waals surface area contributed by atoms with Crippen LogP contribution in [-0.2, 0) is 0 Å². The van der Waals surface area contributed by atoms with Crippen LogP contribution in [0.5, 0.6) is 0 Å². The van der Waals surface area contributed by atoms with Crippen LogP contribution in [-0.4, -0.2) is 20.2 Å². The Hall–Kier alpha value is -1.67. The van der Waals surface area contributed by atoms with Crippen LogP contribution in [0.3, 0.4) is 0 Å². The average Bonchev–Trinajstić information content (AvgIpc) is 2.46. The highest BCUT2D eigenvalue weighted by atomic mass is 35.5. The zero-order valence-electron chi connectivity index (χ0n) is 5.74. The minimum absolute atomic E-state index is 0.124. The number of hydrogen-bond donors (Lipinski definition) is 1. The number of nitriles is 1. The highest BCUT2D eigenvalue weighted by molar-refractivity contribution is 6.28. The zero-order valence-corrected chi connectivity index (χ0v) is 6.50. The summed E-state index contributed by atoms with van der Waals surface area (Å²) in [7, 11) is 0. The second-order valence-corrected chi connectivity index (χ2v) is 2.42. The van der Waals surface area contributed by atoms with E-state index in [1.54, 1.807) is 0 Å². The predicted molar refractivity (Wildman–Crippen MR) is 41.4 cm³/mol. The monoisotopic (exact) mass is 179 g/mol. The fourth-order valence-corrected chi connectivity index (χ4v) is 0.997. The lowest BCUT2D eigenvalue weighted by Gasteiger charge is -1.86. The number of nitrogens with zero attached hydrogens (tertiary/aromatic N) is 4. The molecule has 0 aromatic carbocycles. The van der Waals surface area contributed by atoms with Gasteiger partial charge in [-0.1, -0.05) is 0 Å². The van der Waals surface area contributed by atoms with Crippen molar-refractivity contribution in [3.63, 3.8) is 0 Å². The third kappa shape index (κ3) is 0.898. The first-order valence-corrected chi connectivity index (χ1v) is 3.46. The molecule has 0 radical (unpaired) electrons. The molecular weight excluding hydrogens is 178 g/mol. The molecule has 2 rings (SSSR count). The molecule has 12 heavy (non-hydrogen) atoms. The first kappa shape index (κ1) is 7.00. The number of H-pyrrole nitrogens is 1. The van der Waals surface area contributed by atoms with Crippen molar-refractivity contribution in [1.82, 2.24) is 20.2 Å². The van der Waals surface area contributed by atoms with Gasteiger partial charge in [0.25, 0.3) is 0 Å². The quantitative estimate of drug-likeness (QED) is 0.609. The molecule has 0 saturated carbocycles. The molecule has 58 valence electrons. The van der Waals surface area contributed by atoms with Crippen molar-refractivity contribution in [3.8, 4) is 6.07 Å². The standard InChI is InChI=1S/C6H2ClN5/c7-6-9-2-3-4(1-8)11-12-5(3)10-6/h2H,(H,9,10,11,12). The number of nitrogens with one attached hydrogen (secondary N) is 1. The van der Waals surface area contributed by atoms with Crippen LogP contribution in [0.15, 0.2) is 6.20 Å². The van der Waals surface area contributed by atoms with E-state index in [-0.39, 0.29) is 5.28 Å². The maximum atomic E-state index is 8.58. The molecule has 0 amide bonds. The predicted octanol–water partition coefficient (Wildman–Crippen LogP) is 0.878. The van der Waals surface area contributed by atoms with Crippen molar-refractivity contribution in [2.24, 2.45) is 0 Å². The average molecular weight is 180 g/mol. The Balaban J connectivity index is 2.84. The van der Waals surface area contributed by atoms with Gasteiger partial charge in [-0.3, -0.25) is 5.10 Å². The fraction of sp³-hybridized carbons (Fsp3) is 0. The lowest BCUT2D eigenvalue weighted by molar-refractivity contribution is 1.07. The van der Waals surface area contributed by atoms with E-state index in [2.05, 4.69) is 20.2 Å². The van der Waals surface area contributed by atoms with Gasteiger partial charge in [0.05, 0.1) is 5.39 Å².